The van der Waals surface area contributed by atoms with E-state index in [0.717, 1.165) is 47.5 Å². The molecule has 1 N–H and O–H groups in total. The van der Waals surface area contributed by atoms with Gasteiger partial charge in [-0.25, -0.2) is 0 Å². The zero-order valence-electron chi connectivity index (χ0n) is 18.5. The predicted molar refractivity (Wildman–Crippen MR) is 129 cm³/mol. The quantitative estimate of drug-likeness (QED) is 0.412. The van der Waals surface area contributed by atoms with Gasteiger partial charge in [-0.05, 0) is 48.9 Å². The maximum atomic E-state index is 12.6. The van der Waals surface area contributed by atoms with Crippen molar-refractivity contribution < 1.29 is 4.79 Å². The van der Waals surface area contributed by atoms with Crippen molar-refractivity contribution in [1.29, 1.82) is 0 Å². The van der Waals surface area contributed by atoms with Gasteiger partial charge in [0.2, 0.25) is 5.91 Å². The van der Waals surface area contributed by atoms with Crippen LogP contribution in [0, 0.1) is 0 Å². The summed E-state index contributed by atoms with van der Waals surface area (Å²) in [5.74, 6) is -0.261. The molecule has 0 aliphatic rings. The van der Waals surface area contributed by atoms with Crippen LogP contribution in [0.25, 0.3) is 10.9 Å². The van der Waals surface area contributed by atoms with Crippen LogP contribution >= 0.6 is 0 Å². The number of benzene rings is 2. The van der Waals surface area contributed by atoms with E-state index in [9.17, 15) is 4.79 Å². The second kappa shape index (κ2) is 10.2. The fourth-order valence-electron chi connectivity index (χ4n) is 3.71. The molecule has 1 amide bonds. The molecule has 0 spiro atoms. The zero-order chi connectivity index (χ0) is 22.3. The molecule has 0 aliphatic heterocycles. The van der Waals surface area contributed by atoms with E-state index in [1.165, 1.54) is 5.56 Å². The van der Waals surface area contributed by atoms with E-state index in [1.54, 1.807) is 24.5 Å². The molecule has 5 nitrogen and oxygen atoms in total. The lowest BCUT2D eigenvalue weighted by atomic mass is 9.98. The molecule has 0 saturated carbocycles. The Morgan fingerprint density at radius 1 is 0.938 bits per heavy atom. The second-order valence-electron chi connectivity index (χ2n) is 7.99. The molecule has 2 aromatic carbocycles. The largest absolute Gasteiger partial charge is 0.325 e. The SMILES string of the molecule is CCN(Cc1ccc([C@@H](C)C(=O)Nc2ccncc2)cc1)Cc1ccc2ccccc2n1. The Bertz CT molecular complexity index is 1180. The summed E-state index contributed by atoms with van der Waals surface area (Å²) in [6.07, 6.45) is 3.34. The Labute approximate surface area is 189 Å². The fourth-order valence-corrected chi connectivity index (χ4v) is 3.71. The highest BCUT2D eigenvalue weighted by Crippen LogP contribution is 2.20. The van der Waals surface area contributed by atoms with Crippen LogP contribution in [0.3, 0.4) is 0 Å². The second-order valence-corrected chi connectivity index (χ2v) is 7.99. The molecule has 0 radical (unpaired) electrons. The summed E-state index contributed by atoms with van der Waals surface area (Å²) < 4.78 is 0. The first-order valence-electron chi connectivity index (χ1n) is 11.0. The van der Waals surface area contributed by atoms with Crippen molar-refractivity contribution in [3.05, 3.63) is 102 Å². The summed E-state index contributed by atoms with van der Waals surface area (Å²) in [6, 6.07) is 24.4. The number of anilines is 1. The van der Waals surface area contributed by atoms with Crippen LogP contribution in [0.1, 0.15) is 36.6 Å². The van der Waals surface area contributed by atoms with Gasteiger partial charge < -0.3 is 5.32 Å². The maximum Gasteiger partial charge on any atom is 0.231 e. The molecule has 4 aromatic rings. The molecule has 4 rings (SSSR count). The van der Waals surface area contributed by atoms with E-state index in [1.807, 2.05) is 31.2 Å². The number of carbonyl (C=O) groups is 1. The average molecular weight is 425 g/mol. The molecular formula is C27H28N4O. The van der Waals surface area contributed by atoms with Crippen molar-refractivity contribution in [3.63, 3.8) is 0 Å². The lowest BCUT2D eigenvalue weighted by Gasteiger charge is -2.21. The fraction of sp³-hybridized carbons (Fsp3) is 0.222. The summed E-state index contributed by atoms with van der Waals surface area (Å²) in [4.78, 5) is 23.7. The monoisotopic (exact) mass is 424 g/mol. The number of pyridine rings is 2. The number of para-hydroxylation sites is 1. The lowest BCUT2D eigenvalue weighted by Crippen LogP contribution is -2.23. The van der Waals surface area contributed by atoms with E-state index in [4.69, 9.17) is 4.98 Å². The number of nitrogens with one attached hydrogen (secondary N) is 1. The van der Waals surface area contributed by atoms with Gasteiger partial charge in [0, 0.05) is 36.6 Å². The van der Waals surface area contributed by atoms with Crippen LogP contribution < -0.4 is 5.32 Å². The smallest absolute Gasteiger partial charge is 0.231 e. The molecule has 0 unspecified atom stereocenters. The van der Waals surface area contributed by atoms with Crippen molar-refractivity contribution in [3.8, 4) is 0 Å². The third-order valence-electron chi connectivity index (χ3n) is 5.72. The van der Waals surface area contributed by atoms with Crippen LogP contribution in [-0.4, -0.2) is 27.3 Å². The van der Waals surface area contributed by atoms with Crippen molar-refractivity contribution in [1.82, 2.24) is 14.9 Å². The van der Waals surface area contributed by atoms with Gasteiger partial charge in [0.25, 0.3) is 0 Å². The summed E-state index contributed by atoms with van der Waals surface area (Å²) in [7, 11) is 0. The van der Waals surface area contributed by atoms with Crippen molar-refractivity contribution in [2.24, 2.45) is 0 Å². The number of hydrogen-bond acceptors (Lipinski definition) is 4. The molecule has 2 heterocycles. The van der Waals surface area contributed by atoms with Crippen LogP contribution in [0.2, 0.25) is 0 Å². The lowest BCUT2D eigenvalue weighted by molar-refractivity contribution is -0.117. The molecule has 2 aromatic heterocycles. The molecule has 1 atom stereocenters. The first-order chi connectivity index (χ1) is 15.6. The minimum absolute atomic E-state index is 0.0264. The Morgan fingerprint density at radius 3 is 2.44 bits per heavy atom. The van der Waals surface area contributed by atoms with Crippen LogP contribution in [0.15, 0.2) is 85.2 Å². The number of nitrogens with zero attached hydrogens (tertiary/aromatic N) is 3. The summed E-state index contributed by atoms with van der Waals surface area (Å²) in [6.45, 7) is 6.66. The van der Waals surface area contributed by atoms with Crippen LogP contribution in [0.4, 0.5) is 5.69 Å². The standard InChI is InChI=1S/C27H28N4O/c1-3-31(19-25-13-12-23-6-4-5-7-26(23)29-25)18-21-8-10-22(11-9-21)20(2)27(32)30-24-14-16-28-17-15-24/h4-17,20H,3,18-19H2,1-2H3,(H,28,30,32)/t20-/m1/s1. The summed E-state index contributed by atoms with van der Waals surface area (Å²) in [5, 5.41) is 4.11. The van der Waals surface area contributed by atoms with Crippen molar-refractivity contribution >= 4 is 22.5 Å². The average Bonchev–Trinajstić information content (AvgIpc) is 2.84. The van der Waals surface area contributed by atoms with Gasteiger partial charge in [0.05, 0.1) is 17.1 Å². The van der Waals surface area contributed by atoms with Crippen molar-refractivity contribution in [2.45, 2.75) is 32.9 Å². The van der Waals surface area contributed by atoms with Crippen LogP contribution in [-0.2, 0) is 17.9 Å². The highest BCUT2D eigenvalue weighted by Gasteiger charge is 2.15. The van der Waals surface area contributed by atoms with E-state index in [-0.39, 0.29) is 11.8 Å². The van der Waals surface area contributed by atoms with Gasteiger partial charge >= 0.3 is 0 Å². The van der Waals surface area contributed by atoms with E-state index in [0.29, 0.717) is 0 Å². The zero-order valence-corrected chi connectivity index (χ0v) is 18.5. The van der Waals surface area contributed by atoms with Gasteiger partial charge in [0.15, 0.2) is 0 Å². The molecular weight excluding hydrogens is 396 g/mol. The Kier molecular flexibility index (Phi) is 6.87. The van der Waals surface area contributed by atoms with Gasteiger partial charge in [-0.2, -0.15) is 0 Å². The Hall–Kier alpha value is -3.57. The summed E-state index contributed by atoms with van der Waals surface area (Å²) in [5.41, 5.74) is 5.08. The topological polar surface area (TPSA) is 58.1 Å². The number of rotatable bonds is 8. The minimum Gasteiger partial charge on any atom is -0.325 e. The molecule has 162 valence electrons. The number of amides is 1. The minimum atomic E-state index is -0.235. The van der Waals surface area contributed by atoms with Gasteiger partial charge in [-0.15, -0.1) is 0 Å². The normalized spacial score (nSPS) is 12.1. The number of fused-ring (bicyclic) bond motifs is 1. The maximum absolute atomic E-state index is 12.6. The van der Waals surface area contributed by atoms with E-state index >= 15 is 0 Å². The highest BCUT2D eigenvalue weighted by atomic mass is 16.1. The summed E-state index contributed by atoms with van der Waals surface area (Å²) >= 11 is 0. The number of carbonyl (C=O) groups excluding carboxylic acids is 1. The molecule has 0 fully saturated rings. The third kappa shape index (κ3) is 5.37. The molecule has 32 heavy (non-hydrogen) atoms. The van der Waals surface area contributed by atoms with Gasteiger partial charge in [-0.1, -0.05) is 55.5 Å². The Morgan fingerprint density at radius 2 is 1.69 bits per heavy atom. The highest BCUT2D eigenvalue weighted by molar-refractivity contribution is 5.95. The van der Waals surface area contributed by atoms with E-state index < -0.39 is 0 Å². The molecule has 0 saturated heterocycles. The number of hydrogen-bond donors (Lipinski definition) is 1. The first kappa shape index (κ1) is 21.7. The van der Waals surface area contributed by atoms with Gasteiger partial charge in [0.1, 0.15) is 0 Å². The first-order valence-corrected chi connectivity index (χ1v) is 11.0. The van der Waals surface area contributed by atoms with Crippen molar-refractivity contribution in [2.75, 3.05) is 11.9 Å². The van der Waals surface area contributed by atoms with Crippen LogP contribution in [0.5, 0.6) is 0 Å². The third-order valence-corrected chi connectivity index (χ3v) is 5.72. The Balaban J connectivity index is 1.38. The van der Waals surface area contributed by atoms with Gasteiger partial charge in [-0.3, -0.25) is 19.7 Å². The predicted octanol–water partition coefficient (Wildman–Crippen LogP) is 5.39. The van der Waals surface area contributed by atoms with E-state index in [2.05, 4.69) is 58.5 Å². The molecule has 0 aliphatic carbocycles. The molecule has 5 heteroatoms. The molecule has 0 bridgehead atoms. The number of aromatic nitrogens is 2.